The van der Waals surface area contributed by atoms with Gasteiger partial charge in [0.1, 0.15) is 5.82 Å². The van der Waals surface area contributed by atoms with Gasteiger partial charge in [0.2, 0.25) is 0 Å². The molecule has 0 radical (unpaired) electrons. The molecule has 0 aliphatic heterocycles. The second-order valence-corrected chi connectivity index (χ2v) is 5.55. The Kier molecular flexibility index (Phi) is 4.88. The molecule has 0 spiro atoms. The smallest absolute Gasteiger partial charge is 0.329 e. The van der Waals surface area contributed by atoms with Crippen LogP contribution in [-0.4, -0.2) is 24.5 Å². The summed E-state index contributed by atoms with van der Waals surface area (Å²) in [5.41, 5.74) is 5.08. The summed E-state index contributed by atoms with van der Waals surface area (Å²) in [6.45, 7) is 3.59. The summed E-state index contributed by atoms with van der Waals surface area (Å²) in [6.07, 6.45) is -2.26. The maximum absolute atomic E-state index is 13.5. The van der Waals surface area contributed by atoms with E-state index in [0.29, 0.717) is 24.1 Å². The van der Waals surface area contributed by atoms with Crippen molar-refractivity contribution in [3.63, 3.8) is 0 Å². The Hall–Kier alpha value is -1.14. The minimum Gasteiger partial charge on any atom is -0.329 e. The van der Waals surface area contributed by atoms with Gasteiger partial charge >= 0.3 is 6.18 Å². The van der Waals surface area contributed by atoms with Crippen molar-refractivity contribution in [1.82, 2.24) is 4.90 Å². The van der Waals surface area contributed by atoms with Crippen LogP contribution < -0.4 is 5.73 Å². The number of nitrogens with two attached hydrogens (primary N) is 1. The van der Waals surface area contributed by atoms with Gasteiger partial charge in [-0.25, -0.2) is 4.39 Å². The monoisotopic (exact) mass is 304 g/mol. The molecule has 21 heavy (non-hydrogen) atoms. The first-order valence-corrected chi connectivity index (χ1v) is 7.17. The van der Waals surface area contributed by atoms with Gasteiger partial charge in [0.15, 0.2) is 0 Å². The fourth-order valence-corrected chi connectivity index (χ4v) is 2.57. The molecule has 1 saturated carbocycles. The number of halogens is 4. The number of likely N-dealkylation sites (N-methyl/N-ethyl adjacent to an activating group) is 1. The van der Waals surface area contributed by atoms with Crippen LogP contribution in [0.4, 0.5) is 17.6 Å². The van der Waals surface area contributed by atoms with Gasteiger partial charge in [-0.15, -0.1) is 0 Å². The van der Waals surface area contributed by atoms with Gasteiger partial charge in [-0.3, -0.25) is 4.90 Å². The molecular weight excluding hydrogens is 284 g/mol. The van der Waals surface area contributed by atoms with Crippen LogP contribution in [0.25, 0.3) is 0 Å². The van der Waals surface area contributed by atoms with Gasteiger partial charge in [0, 0.05) is 19.1 Å². The van der Waals surface area contributed by atoms with Crippen molar-refractivity contribution in [2.75, 3.05) is 19.6 Å². The highest BCUT2D eigenvalue weighted by Gasteiger charge is 2.33. The lowest BCUT2D eigenvalue weighted by Crippen LogP contribution is -2.35. The molecule has 0 amide bonds. The fourth-order valence-electron chi connectivity index (χ4n) is 2.57. The van der Waals surface area contributed by atoms with Crippen molar-refractivity contribution in [3.8, 4) is 0 Å². The first-order chi connectivity index (χ1) is 9.85. The predicted molar refractivity (Wildman–Crippen MR) is 73.2 cm³/mol. The van der Waals surface area contributed by atoms with E-state index in [2.05, 4.69) is 0 Å². The second kappa shape index (κ2) is 6.32. The van der Waals surface area contributed by atoms with Crippen molar-refractivity contribution < 1.29 is 17.6 Å². The molecule has 0 aromatic heterocycles. The largest absolute Gasteiger partial charge is 0.416 e. The summed E-state index contributed by atoms with van der Waals surface area (Å²) in [4.78, 5) is 2.03. The highest BCUT2D eigenvalue weighted by Crippen LogP contribution is 2.35. The van der Waals surface area contributed by atoms with E-state index in [1.54, 1.807) is 0 Å². The molecule has 1 unspecified atom stereocenters. The minimum absolute atomic E-state index is 0.168. The molecule has 2 nitrogen and oxygen atoms in total. The van der Waals surface area contributed by atoms with E-state index >= 15 is 0 Å². The topological polar surface area (TPSA) is 29.3 Å². The van der Waals surface area contributed by atoms with Crippen LogP contribution in [0.2, 0.25) is 0 Å². The lowest BCUT2D eigenvalue weighted by molar-refractivity contribution is -0.137. The molecule has 2 N–H and O–H groups in total. The Morgan fingerprint density at radius 3 is 2.43 bits per heavy atom. The number of rotatable bonds is 6. The van der Waals surface area contributed by atoms with Crippen LogP contribution in [0.5, 0.6) is 0 Å². The normalized spacial score (nSPS) is 17.3. The maximum Gasteiger partial charge on any atom is 0.416 e. The highest BCUT2D eigenvalue weighted by molar-refractivity contribution is 5.29. The Bertz CT molecular complexity index is 483. The fraction of sp³-hybridized carbons (Fsp3) is 0.600. The van der Waals surface area contributed by atoms with Crippen LogP contribution >= 0.6 is 0 Å². The molecular formula is C15H20F4N2. The third-order valence-corrected chi connectivity index (χ3v) is 3.89. The van der Waals surface area contributed by atoms with Crippen LogP contribution in [0.15, 0.2) is 18.2 Å². The maximum atomic E-state index is 13.5. The molecule has 1 aromatic rings. The summed E-state index contributed by atoms with van der Waals surface area (Å²) >= 11 is 0. The Morgan fingerprint density at radius 1 is 1.29 bits per heavy atom. The van der Waals surface area contributed by atoms with E-state index < -0.39 is 17.6 Å². The van der Waals surface area contributed by atoms with Gasteiger partial charge in [0.05, 0.1) is 5.56 Å². The summed E-state index contributed by atoms with van der Waals surface area (Å²) in [7, 11) is 0. The first kappa shape index (κ1) is 16.2. The molecule has 1 aliphatic carbocycles. The second-order valence-electron chi connectivity index (χ2n) is 5.55. The lowest BCUT2D eigenvalue weighted by Gasteiger charge is -2.30. The van der Waals surface area contributed by atoms with Gasteiger partial charge in [-0.1, -0.05) is 6.92 Å². The molecule has 0 bridgehead atoms. The van der Waals surface area contributed by atoms with Gasteiger partial charge in [-0.05, 0) is 49.1 Å². The van der Waals surface area contributed by atoms with E-state index in [0.717, 1.165) is 31.5 Å². The quantitative estimate of drug-likeness (QED) is 0.814. The Balaban J connectivity index is 2.29. The molecule has 1 aliphatic rings. The summed E-state index contributed by atoms with van der Waals surface area (Å²) in [5, 5.41) is 0. The highest BCUT2D eigenvalue weighted by atomic mass is 19.4. The van der Waals surface area contributed by atoms with Crippen molar-refractivity contribution in [1.29, 1.82) is 0 Å². The summed E-state index contributed by atoms with van der Waals surface area (Å²) in [5.74, 6) is -0.282. The third-order valence-electron chi connectivity index (χ3n) is 3.89. The van der Waals surface area contributed by atoms with E-state index in [1.165, 1.54) is 0 Å². The van der Waals surface area contributed by atoms with E-state index in [9.17, 15) is 17.6 Å². The molecule has 6 heteroatoms. The molecule has 0 saturated heterocycles. The number of alkyl halides is 3. The predicted octanol–water partition coefficient (Wildman–Crippen LogP) is 3.58. The Morgan fingerprint density at radius 2 is 1.95 bits per heavy atom. The standard InChI is InChI=1S/C15H20F4N2/c1-2-21(9-10-3-4-10)14(8-20)11-5-12(15(17,18)19)7-13(16)6-11/h5-7,10,14H,2-4,8-9,20H2,1H3. The van der Waals surface area contributed by atoms with Crippen LogP contribution in [0.3, 0.4) is 0 Å². The van der Waals surface area contributed by atoms with Crippen LogP contribution in [-0.2, 0) is 6.18 Å². The number of benzene rings is 1. The zero-order valence-electron chi connectivity index (χ0n) is 12.0. The average molecular weight is 304 g/mol. The molecule has 2 rings (SSSR count). The van der Waals surface area contributed by atoms with Gasteiger partial charge in [0.25, 0.3) is 0 Å². The van der Waals surface area contributed by atoms with E-state index in [-0.39, 0.29) is 12.6 Å². The molecule has 0 heterocycles. The van der Waals surface area contributed by atoms with E-state index in [1.807, 2.05) is 11.8 Å². The van der Waals surface area contributed by atoms with Crippen molar-refractivity contribution >= 4 is 0 Å². The number of hydrogen-bond donors (Lipinski definition) is 1. The summed E-state index contributed by atoms with van der Waals surface area (Å²) in [6, 6.07) is 2.31. The summed E-state index contributed by atoms with van der Waals surface area (Å²) < 4.78 is 52.0. The van der Waals surface area contributed by atoms with Crippen molar-refractivity contribution in [2.45, 2.75) is 32.0 Å². The molecule has 1 fully saturated rings. The average Bonchev–Trinajstić information content (AvgIpc) is 3.20. The SMILES string of the molecule is CCN(CC1CC1)C(CN)c1cc(F)cc(C(F)(F)F)c1. The lowest BCUT2D eigenvalue weighted by atomic mass is 10.0. The van der Waals surface area contributed by atoms with E-state index in [4.69, 9.17) is 5.73 Å². The zero-order chi connectivity index (χ0) is 15.6. The van der Waals surface area contributed by atoms with Crippen LogP contribution in [0.1, 0.15) is 36.9 Å². The molecule has 118 valence electrons. The number of hydrogen-bond acceptors (Lipinski definition) is 2. The minimum atomic E-state index is -4.55. The molecule has 1 aromatic carbocycles. The Labute approximate surface area is 121 Å². The van der Waals surface area contributed by atoms with Crippen LogP contribution in [0, 0.1) is 11.7 Å². The van der Waals surface area contributed by atoms with Crippen molar-refractivity contribution in [3.05, 3.63) is 35.1 Å². The van der Waals surface area contributed by atoms with Crippen molar-refractivity contribution in [2.24, 2.45) is 11.7 Å². The number of nitrogens with zero attached hydrogens (tertiary/aromatic N) is 1. The van der Waals surface area contributed by atoms with Gasteiger partial charge in [-0.2, -0.15) is 13.2 Å². The molecule has 1 atom stereocenters. The third kappa shape index (κ3) is 4.17. The van der Waals surface area contributed by atoms with Gasteiger partial charge < -0.3 is 5.73 Å². The first-order valence-electron chi connectivity index (χ1n) is 7.17. The zero-order valence-corrected chi connectivity index (χ0v) is 12.0.